The Labute approximate surface area is 154 Å². The molecule has 140 valence electrons. The van der Waals surface area contributed by atoms with Crippen molar-refractivity contribution in [3.63, 3.8) is 0 Å². The van der Waals surface area contributed by atoms with Gasteiger partial charge in [0.2, 0.25) is 11.7 Å². The zero-order chi connectivity index (χ0) is 18.7. The van der Waals surface area contributed by atoms with Gasteiger partial charge in [-0.25, -0.2) is 4.68 Å². The molecule has 1 saturated heterocycles. The van der Waals surface area contributed by atoms with E-state index in [-0.39, 0.29) is 23.4 Å². The van der Waals surface area contributed by atoms with Gasteiger partial charge in [0, 0.05) is 24.3 Å². The van der Waals surface area contributed by atoms with Gasteiger partial charge in [0.15, 0.2) is 6.04 Å². The van der Waals surface area contributed by atoms with E-state index in [0.29, 0.717) is 0 Å². The minimum atomic E-state index is -0.183. The predicted molar refractivity (Wildman–Crippen MR) is 98.3 cm³/mol. The molecular formula is C19H29N6O+. The van der Waals surface area contributed by atoms with Crippen LogP contribution >= 0.6 is 0 Å². The number of benzene rings is 1. The third kappa shape index (κ3) is 3.62. The topological polar surface area (TPSA) is 91.1 Å². The number of quaternary nitrogens is 1. The van der Waals surface area contributed by atoms with E-state index in [2.05, 4.69) is 60.6 Å². The number of rotatable bonds is 6. The molecule has 2 heterocycles. The second-order valence-corrected chi connectivity index (χ2v) is 7.79. The van der Waals surface area contributed by atoms with Crippen molar-refractivity contribution in [2.45, 2.75) is 51.6 Å². The summed E-state index contributed by atoms with van der Waals surface area (Å²) >= 11 is 0. The first-order valence-electron chi connectivity index (χ1n) is 9.41. The van der Waals surface area contributed by atoms with Gasteiger partial charge in [-0.15, -0.1) is 5.10 Å². The molecule has 26 heavy (non-hydrogen) atoms. The molecule has 0 bridgehead atoms. The Bertz CT molecular complexity index is 733. The van der Waals surface area contributed by atoms with Crippen molar-refractivity contribution in [1.29, 1.82) is 0 Å². The first-order valence-corrected chi connectivity index (χ1v) is 9.41. The summed E-state index contributed by atoms with van der Waals surface area (Å²) in [6.07, 6.45) is 2.56. The van der Waals surface area contributed by atoms with E-state index in [9.17, 15) is 4.79 Å². The molecule has 1 aliphatic heterocycles. The minimum absolute atomic E-state index is 0.0155. The van der Waals surface area contributed by atoms with Crippen LogP contribution in [0.25, 0.3) is 0 Å². The van der Waals surface area contributed by atoms with Gasteiger partial charge in [0.25, 0.3) is 0 Å². The molecule has 3 rings (SSSR count). The highest BCUT2D eigenvalue weighted by Crippen LogP contribution is 2.25. The molecule has 7 heteroatoms. The molecule has 0 unspecified atom stereocenters. The summed E-state index contributed by atoms with van der Waals surface area (Å²) in [5.74, 6) is 0.686. The summed E-state index contributed by atoms with van der Waals surface area (Å²) in [5.41, 5.74) is 6.55. The minimum Gasteiger partial charge on any atom is -0.369 e. The Hall–Kier alpha value is -2.28. The molecule has 0 saturated carbocycles. The molecule has 3 N–H and O–H groups in total. The van der Waals surface area contributed by atoms with Crippen molar-refractivity contribution < 1.29 is 9.69 Å². The van der Waals surface area contributed by atoms with E-state index < -0.39 is 0 Å². The van der Waals surface area contributed by atoms with Crippen LogP contribution in [0, 0.1) is 5.92 Å². The standard InChI is InChI=1S/C19H28N6O/c1-4-19(2,3)25-18(21-22-23-25)16(14-8-6-5-7-9-14)24-12-10-15(11-13-24)17(20)26/h5-9,15-16H,4,10-13H2,1-3H3,(H2,20,26)/p+1/t16-/m0/s1. The number of hydrogen-bond acceptors (Lipinski definition) is 4. The highest BCUT2D eigenvalue weighted by molar-refractivity contribution is 5.76. The van der Waals surface area contributed by atoms with Crippen molar-refractivity contribution in [3.05, 3.63) is 41.7 Å². The number of hydrogen-bond donors (Lipinski definition) is 2. The first-order chi connectivity index (χ1) is 12.4. The third-order valence-corrected chi connectivity index (χ3v) is 5.76. The Morgan fingerprint density at radius 2 is 1.96 bits per heavy atom. The number of aromatic nitrogens is 4. The van der Waals surface area contributed by atoms with Crippen LogP contribution in [0.5, 0.6) is 0 Å². The molecule has 0 radical (unpaired) electrons. The lowest BCUT2D eigenvalue weighted by atomic mass is 9.93. The largest absolute Gasteiger partial charge is 0.369 e. The average molecular weight is 357 g/mol. The van der Waals surface area contributed by atoms with Gasteiger partial charge in [-0.1, -0.05) is 37.3 Å². The van der Waals surface area contributed by atoms with Crippen molar-refractivity contribution in [2.75, 3.05) is 13.1 Å². The summed E-state index contributed by atoms with van der Waals surface area (Å²) < 4.78 is 1.97. The molecule has 0 aliphatic carbocycles. The molecule has 0 spiro atoms. The van der Waals surface area contributed by atoms with E-state index >= 15 is 0 Å². The van der Waals surface area contributed by atoms with Gasteiger partial charge in [0.05, 0.1) is 18.6 Å². The predicted octanol–water partition coefficient (Wildman–Crippen LogP) is 0.688. The first kappa shape index (κ1) is 18.5. The highest BCUT2D eigenvalue weighted by Gasteiger charge is 2.38. The van der Waals surface area contributed by atoms with Crippen LogP contribution in [0.3, 0.4) is 0 Å². The summed E-state index contributed by atoms with van der Waals surface area (Å²) in [6, 6.07) is 10.4. The molecule has 2 aromatic rings. The number of amides is 1. The highest BCUT2D eigenvalue weighted by atomic mass is 16.1. The lowest BCUT2D eigenvalue weighted by Gasteiger charge is -2.35. The molecule has 1 atom stereocenters. The van der Waals surface area contributed by atoms with Crippen LogP contribution in [0.2, 0.25) is 0 Å². The number of carbonyl (C=O) groups excluding carboxylic acids is 1. The number of piperidine rings is 1. The van der Waals surface area contributed by atoms with Crippen LogP contribution < -0.4 is 10.6 Å². The van der Waals surface area contributed by atoms with E-state index in [1.807, 2.05) is 10.7 Å². The van der Waals surface area contributed by atoms with Crippen LogP contribution in [0.15, 0.2) is 30.3 Å². The number of carbonyl (C=O) groups is 1. The van der Waals surface area contributed by atoms with Crippen LogP contribution in [0.1, 0.15) is 57.5 Å². The van der Waals surface area contributed by atoms with Crippen LogP contribution in [-0.4, -0.2) is 39.2 Å². The fourth-order valence-corrected chi connectivity index (χ4v) is 3.73. The Kier molecular flexibility index (Phi) is 5.36. The monoisotopic (exact) mass is 357 g/mol. The maximum atomic E-state index is 11.5. The number of tetrazole rings is 1. The van der Waals surface area contributed by atoms with Gasteiger partial charge < -0.3 is 10.6 Å². The SMILES string of the molecule is CCC(C)(C)n1nnnc1[C@H](c1ccccc1)[NH+]1CCC(C(N)=O)CC1. The number of nitrogens with zero attached hydrogens (tertiary/aromatic N) is 4. The van der Waals surface area contributed by atoms with Crippen molar-refractivity contribution in [3.8, 4) is 0 Å². The second-order valence-electron chi connectivity index (χ2n) is 7.79. The van der Waals surface area contributed by atoms with Gasteiger partial charge >= 0.3 is 0 Å². The number of likely N-dealkylation sites (tertiary alicyclic amines) is 1. The Morgan fingerprint density at radius 3 is 2.54 bits per heavy atom. The van der Waals surface area contributed by atoms with Crippen molar-refractivity contribution >= 4 is 5.91 Å². The maximum absolute atomic E-state index is 11.5. The molecule has 1 aliphatic rings. The van der Waals surface area contributed by atoms with E-state index in [1.165, 1.54) is 10.5 Å². The van der Waals surface area contributed by atoms with E-state index in [4.69, 9.17) is 5.73 Å². The number of nitrogens with two attached hydrogens (primary N) is 1. The summed E-state index contributed by atoms with van der Waals surface area (Å²) in [7, 11) is 0. The number of primary amides is 1. The molecule has 7 nitrogen and oxygen atoms in total. The normalized spacial score (nSPS) is 22.1. The fourth-order valence-electron chi connectivity index (χ4n) is 3.73. The Morgan fingerprint density at radius 1 is 1.31 bits per heavy atom. The van der Waals surface area contributed by atoms with Crippen LogP contribution in [-0.2, 0) is 10.3 Å². The zero-order valence-electron chi connectivity index (χ0n) is 15.9. The molecule has 1 aromatic carbocycles. The fraction of sp³-hybridized carbons (Fsp3) is 0.579. The van der Waals surface area contributed by atoms with Crippen molar-refractivity contribution in [2.24, 2.45) is 11.7 Å². The van der Waals surface area contributed by atoms with Crippen molar-refractivity contribution in [1.82, 2.24) is 20.2 Å². The van der Waals surface area contributed by atoms with Crippen LogP contribution in [0.4, 0.5) is 0 Å². The lowest BCUT2D eigenvalue weighted by molar-refractivity contribution is -0.931. The summed E-state index contributed by atoms with van der Waals surface area (Å²) in [4.78, 5) is 12.9. The zero-order valence-corrected chi connectivity index (χ0v) is 15.9. The van der Waals surface area contributed by atoms with E-state index in [1.54, 1.807) is 0 Å². The average Bonchev–Trinajstić information content (AvgIpc) is 3.13. The summed E-state index contributed by atoms with van der Waals surface area (Å²) in [5, 5.41) is 12.7. The van der Waals surface area contributed by atoms with Gasteiger partial charge in [-0.05, 0) is 30.7 Å². The smallest absolute Gasteiger partial charge is 0.220 e. The molecule has 1 aromatic heterocycles. The van der Waals surface area contributed by atoms with Gasteiger partial charge in [-0.3, -0.25) is 4.79 Å². The lowest BCUT2D eigenvalue weighted by Crippen LogP contribution is -3.13. The maximum Gasteiger partial charge on any atom is 0.220 e. The van der Waals surface area contributed by atoms with Gasteiger partial charge in [-0.2, -0.15) is 0 Å². The summed E-state index contributed by atoms with van der Waals surface area (Å²) in [6.45, 7) is 8.22. The third-order valence-electron chi connectivity index (χ3n) is 5.76. The quantitative estimate of drug-likeness (QED) is 0.796. The van der Waals surface area contributed by atoms with E-state index in [0.717, 1.165) is 38.2 Å². The molecule has 1 fully saturated rings. The van der Waals surface area contributed by atoms with Gasteiger partial charge in [0.1, 0.15) is 0 Å². The molecular weight excluding hydrogens is 328 g/mol. The number of nitrogens with one attached hydrogen (secondary N) is 1. The molecule has 1 amide bonds. The second kappa shape index (κ2) is 7.53. The Balaban J connectivity index is 1.97.